The number of nitrogens with zero attached hydrogens (tertiary/aromatic N) is 3. The number of anilines is 2. The molecule has 0 aromatic carbocycles. The summed E-state index contributed by atoms with van der Waals surface area (Å²) in [6.07, 6.45) is 1.66. The molecule has 110 valence electrons. The monoisotopic (exact) mass is 282 g/mol. The number of nitrogens with two attached hydrogens (primary N) is 1. The highest BCUT2D eigenvalue weighted by atomic mass is 16.6. The summed E-state index contributed by atoms with van der Waals surface area (Å²) in [6.45, 7) is 4.15. The molecule has 1 aliphatic heterocycles. The molecule has 20 heavy (non-hydrogen) atoms. The molecule has 2 rings (SSSR count). The van der Waals surface area contributed by atoms with Gasteiger partial charge in [0.1, 0.15) is 5.69 Å². The van der Waals surface area contributed by atoms with Crippen LogP contribution in [0.25, 0.3) is 0 Å². The average Bonchev–Trinajstić information content (AvgIpc) is 2.37. The summed E-state index contributed by atoms with van der Waals surface area (Å²) in [7, 11) is 0. The summed E-state index contributed by atoms with van der Waals surface area (Å²) < 4.78 is 5.45. The molecular formula is C11H18N6O3. The van der Waals surface area contributed by atoms with Crippen molar-refractivity contribution in [2.75, 3.05) is 17.3 Å². The first-order valence-corrected chi connectivity index (χ1v) is 6.39. The van der Waals surface area contributed by atoms with E-state index in [1.807, 2.05) is 6.92 Å². The van der Waals surface area contributed by atoms with Crippen molar-refractivity contribution in [1.29, 1.82) is 0 Å². The molecule has 0 saturated carbocycles. The van der Waals surface area contributed by atoms with Crippen molar-refractivity contribution in [2.24, 2.45) is 5.84 Å². The number of rotatable bonds is 4. The van der Waals surface area contributed by atoms with Crippen LogP contribution >= 0.6 is 0 Å². The van der Waals surface area contributed by atoms with Gasteiger partial charge in [0.05, 0.1) is 11.0 Å². The summed E-state index contributed by atoms with van der Waals surface area (Å²) in [5.74, 6) is 5.61. The molecule has 0 spiro atoms. The number of nitro groups is 1. The van der Waals surface area contributed by atoms with Crippen molar-refractivity contribution in [2.45, 2.75) is 38.8 Å². The Hall–Kier alpha value is -2.00. The minimum absolute atomic E-state index is 0.0809. The van der Waals surface area contributed by atoms with Gasteiger partial charge in [-0.1, -0.05) is 0 Å². The van der Waals surface area contributed by atoms with Crippen LogP contribution in [0.3, 0.4) is 0 Å². The van der Waals surface area contributed by atoms with Gasteiger partial charge < -0.3 is 10.1 Å². The van der Waals surface area contributed by atoms with E-state index in [-0.39, 0.29) is 35.3 Å². The Morgan fingerprint density at radius 3 is 2.85 bits per heavy atom. The van der Waals surface area contributed by atoms with E-state index in [9.17, 15) is 10.1 Å². The third kappa shape index (κ3) is 3.11. The number of aromatic nitrogens is 2. The van der Waals surface area contributed by atoms with Crippen molar-refractivity contribution in [3.63, 3.8) is 0 Å². The van der Waals surface area contributed by atoms with Crippen LogP contribution < -0.4 is 16.6 Å². The first-order chi connectivity index (χ1) is 9.51. The van der Waals surface area contributed by atoms with E-state index in [1.165, 1.54) is 0 Å². The van der Waals surface area contributed by atoms with Gasteiger partial charge in [0.2, 0.25) is 11.8 Å². The van der Waals surface area contributed by atoms with Crippen LogP contribution in [0.5, 0.6) is 0 Å². The molecule has 9 nitrogen and oxygen atoms in total. The number of nitrogens with one attached hydrogen (secondary N) is 2. The maximum absolute atomic E-state index is 11.2. The van der Waals surface area contributed by atoms with Crippen LogP contribution in [0.1, 0.15) is 25.5 Å². The lowest BCUT2D eigenvalue weighted by molar-refractivity contribution is -0.385. The molecular weight excluding hydrogens is 264 g/mol. The SMILES string of the molecule is Cc1nc(NN)nc(NC2CCOC(C)C2)c1[N+](=O)[O-]. The van der Waals surface area contributed by atoms with Crippen molar-refractivity contribution >= 4 is 17.5 Å². The van der Waals surface area contributed by atoms with Crippen LogP contribution in [0, 0.1) is 17.0 Å². The molecule has 2 atom stereocenters. The molecule has 4 N–H and O–H groups in total. The Morgan fingerprint density at radius 2 is 2.25 bits per heavy atom. The Bertz CT molecular complexity index is 509. The lowest BCUT2D eigenvalue weighted by Crippen LogP contribution is -2.33. The summed E-state index contributed by atoms with van der Waals surface area (Å²) in [5.41, 5.74) is 2.45. The molecule has 0 bridgehead atoms. The van der Waals surface area contributed by atoms with E-state index in [1.54, 1.807) is 6.92 Å². The third-order valence-corrected chi connectivity index (χ3v) is 3.20. The number of hydrogen-bond donors (Lipinski definition) is 3. The third-order valence-electron chi connectivity index (χ3n) is 3.20. The predicted molar refractivity (Wildman–Crippen MR) is 73.3 cm³/mol. The van der Waals surface area contributed by atoms with Crippen LogP contribution in [0.2, 0.25) is 0 Å². The van der Waals surface area contributed by atoms with E-state index < -0.39 is 4.92 Å². The smallest absolute Gasteiger partial charge is 0.332 e. The Kier molecular flexibility index (Phi) is 4.30. The van der Waals surface area contributed by atoms with Gasteiger partial charge in [-0.25, -0.2) is 10.8 Å². The second kappa shape index (κ2) is 5.97. The molecule has 2 heterocycles. The highest BCUT2D eigenvalue weighted by molar-refractivity contribution is 5.61. The van der Waals surface area contributed by atoms with Gasteiger partial charge >= 0.3 is 5.69 Å². The minimum Gasteiger partial charge on any atom is -0.378 e. The van der Waals surface area contributed by atoms with Crippen molar-refractivity contribution in [3.8, 4) is 0 Å². The highest BCUT2D eigenvalue weighted by Gasteiger charge is 2.26. The largest absolute Gasteiger partial charge is 0.378 e. The van der Waals surface area contributed by atoms with Gasteiger partial charge in [-0.3, -0.25) is 15.5 Å². The maximum Gasteiger partial charge on any atom is 0.332 e. The fraction of sp³-hybridized carbons (Fsp3) is 0.636. The standard InChI is InChI=1S/C11H18N6O3/c1-6-5-8(3-4-20-6)14-10-9(17(18)19)7(2)13-11(15-10)16-12/h6,8H,3-5,12H2,1-2H3,(H2,13,14,15,16). The first kappa shape index (κ1) is 14.4. The predicted octanol–water partition coefficient (Wildman–Crippen LogP) is 0.958. The summed E-state index contributed by atoms with van der Waals surface area (Å²) in [5, 5.41) is 14.3. The molecule has 1 aromatic rings. The molecule has 1 saturated heterocycles. The number of hydrazine groups is 1. The van der Waals surface area contributed by atoms with Crippen molar-refractivity contribution in [1.82, 2.24) is 9.97 Å². The lowest BCUT2D eigenvalue weighted by Gasteiger charge is -2.28. The quantitative estimate of drug-likeness (QED) is 0.423. The topological polar surface area (TPSA) is 128 Å². The number of nitrogen functional groups attached to an aromatic ring is 1. The fourth-order valence-electron chi connectivity index (χ4n) is 2.27. The highest BCUT2D eigenvalue weighted by Crippen LogP contribution is 2.28. The van der Waals surface area contributed by atoms with Crippen molar-refractivity contribution < 1.29 is 9.66 Å². The summed E-state index contributed by atoms with van der Waals surface area (Å²) >= 11 is 0. The van der Waals surface area contributed by atoms with E-state index in [4.69, 9.17) is 10.6 Å². The minimum atomic E-state index is -0.485. The molecule has 9 heteroatoms. The first-order valence-electron chi connectivity index (χ1n) is 6.39. The summed E-state index contributed by atoms with van der Waals surface area (Å²) in [4.78, 5) is 18.7. The van der Waals surface area contributed by atoms with E-state index in [0.29, 0.717) is 6.61 Å². The molecule has 0 radical (unpaired) electrons. The second-order valence-electron chi connectivity index (χ2n) is 4.78. The number of ether oxygens (including phenoxy) is 1. The Labute approximate surface area is 116 Å². The Morgan fingerprint density at radius 1 is 1.50 bits per heavy atom. The molecule has 1 aliphatic rings. The zero-order valence-corrected chi connectivity index (χ0v) is 11.4. The van der Waals surface area contributed by atoms with Crippen LogP contribution in [0.15, 0.2) is 0 Å². The molecule has 1 aromatic heterocycles. The summed E-state index contributed by atoms with van der Waals surface area (Å²) in [6, 6.07) is 0.0809. The van der Waals surface area contributed by atoms with Crippen LogP contribution in [-0.4, -0.2) is 33.6 Å². The zero-order chi connectivity index (χ0) is 14.7. The molecule has 0 amide bonds. The van der Waals surface area contributed by atoms with Crippen LogP contribution in [-0.2, 0) is 4.74 Å². The van der Waals surface area contributed by atoms with Gasteiger partial charge in [-0.15, -0.1) is 0 Å². The van der Waals surface area contributed by atoms with Gasteiger partial charge in [0.15, 0.2) is 0 Å². The van der Waals surface area contributed by atoms with E-state index >= 15 is 0 Å². The normalized spacial score (nSPS) is 22.4. The fourth-order valence-corrected chi connectivity index (χ4v) is 2.27. The van der Waals surface area contributed by atoms with Gasteiger partial charge in [0, 0.05) is 12.6 Å². The van der Waals surface area contributed by atoms with E-state index in [2.05, 4.69) is 20.7 Å². The second-order valence-corrected chi connectivity index (χ2v) is 4.78. The van der Waals surface area contributed by atoms with Gasteiger partial charge in [-0.05, 0) is 26.7 Å². The average molecular weight is 282 g/mol. The zero-order valence-electron chi connectivity index (χ0n) is 11.4. The number of aryl methyl sites for hydroxylation is 1. The number of hydrogen-bond acceptors (Lipinski definition) is 8. The van der Waals surface area contributed by atoms with Crippen molar-refractivity contribution in [3.05, 3.63) is 15.8 Å². The maximum atomic E-state index is 11.2. The molecule has 1 fully saturated rings. The van der Waals surface area contributed by atoms with Crippen LogP contribution in [0.4, 0.5) is 17.5 Å². The van der Waals surface area contributed by atoms with Gasteiger partial charge in [-0.2, -0.15) is 4.98 Å². The van der Waals surface area contributed by atoms with E-state index in [0.717, 1.165) is 12.8 Å². The van der Waals surface area contributed by atoms with Gasteiger partial charge in [0.25, 0.3) is 0 Å². The lowest BCUT2D eigenvalue weighted by atomic mass is 10.0. The molecule has 0 aliphatic carbocycles. The Balaban J connectivity index is 2.28. The molecule has 2 unspecified atom stereocenters.